The maximum Gasteiger partial charge on any atom is 0.281 e. The maximum atomic E-state index is 12.6. The number of benzene rings is 1. The zero-order valence-electron chi connectivity index (χ0n) is 17.9. The summed E-state index contributed by atoms with van der Waals surface area (Å²) in [5, 5.41) is 5.80. The van der Waals surface area contributed by atoms with Gasteiger partial charge in [-0.15, -0.1) is 0 Å². The normalized spacial score (nSPS) is 13.8. The molecular formula is C21H23ClN6O3S. The smallest absolute Gasteiger partial charge is 0.281 e. The summed E-state index contributed by atoms with van der Waals surface area (Å²) in [7, 11) is 0. The SMILES string of the molecule is Cc1nc(N2CCOCC2)sc1C(=O)NNC(=O)c1ccc(-n2nc(C)c(Cl)c2C)cc1. The molecule has 2 N–H and O–H groups in total. The third-order valence-corrected chi connectivity index (χ3v) is 6.90. The largest absolute Gasteiger partial charge is 0.378 e. The first-order valence-corrected chi connectivity index (χ1v) is 11.3. The van der Waals surface area contributed by atoms with Crippen LogP contribution < -0.4 is 15.8 Å². The summed E-state index contributed by atoms with van der Waals surface area (Å²) < 4.78 is 7.08. The molecule has 0 unspecified atom stereocenters. The first-order valence-electron chi connectivity index (χ1n) is 10.1. The van der Waals surface area contributed by atoms with Gasteiger partial charge in [0, 0.05) is 18.7 Å². The van der Waals surface area contributed by atoms with Crippen molar-refractivity contribution in [3.05, 3.63) is 56.8 Å². The molecule has 3 heterocycles. The van der Waals surface area contributed by atoms with E-state index in [0.717, 1.165) is 35.3 Å². The number of aromatic nitrogens is 3. The number of carbonyl (C=O) groups is 2. The molecule has 2 aromatic heterocycles. The van der Waals surface area contributed by atoms with Crippen molar-refractivity contribution in [3.8, 4) is 5.69 Å². The van der Waals surface area contributed by atoms with Crippen LogP contribution in [0.15, 0.2) is 24.3 Å². The number of hydrogen-bond donors (Lipinski definition) is 2. The molecule has 0 atom stereocenters. The average molecular weight is 475 g/mol. The van der Waals surface area contributed by atoms with Gasteiger partial charge >= 0.3 is 0 Å². The van der Waals surface area contributed by atoms with E-state index >= 15 is 0 Å². The Morgan fingerprint density at radius 3 is 2.31 bits per heavy atom. The van der Waals surface area contributed by atoms with E-state index in [-0.39, 0.29) is 0 Å². The molecule has 1 aliphatic rings. The quantitative estimate of drug-likeness (QED) is 0.564. The van der Waals surface area contributed by atoms with Gasteiger partial charge in [0.05, 0.1) is 41.0 Å². The van der Waals surface area contributed by atoms with Crippen LogP contribution in [0.4, 0.5) is 5.13 Å². The second kappa shape index (κ2) is 9.27. The zero-order valence-corrected chi connectivity index (χ0v) is 19.5. The lowest BCUT2D eigenvalue weighted by atomic mass is 10.2. The van der Waals surface area contributed by atoms with Gasteiger partial charge in [-0.1, -0.05) is 22.9 Å². The molecule has 168 valence electrons. The summed E-state index contributed by atoms with van der Waals surface area (Å²) in [6.07, 6.45) is 0. The molecule has 1 aromatic carbocycles. The average Bonchev–Trinajstić information content (AvgIpc) is 3.33. The van der Waals surface area contributed by atoms with E-state index < -0.39 is 11.8 Å². The number of rotatable bonds is 4. The highest BCUT2D eigenvalue weighted by Gasteiger charge is 2.21. The lowest BCUT2D eigenvalue weighted by molar-refractivity contribution is 0.0848. The van der Waals surface area contributed by atoms with Gasteiger partial charge in [-0.25, -0.2) is 9.67 Å². The molecule has 4 rings (SSSR count). The Morgan fingerprint density at radius 2 is 1.69 bits per heavy atom. The highest BCUT2D eigenvalue weighted by Crippen LogP contribution is 2.26. The Balaban J connectivity index is 1.39. The number of amides is 2. The van der Waals surface area contributed by atoms with E-state index in [9.17, 15) is 9.59 Å². The van der Waals surface area contributed by atoms with Crippen LogP contribution in [-0.2, 0) is 4.74 Å². The molecule has 0 radical (unpaired) electrons. The minimum atomic E-state index is -0.424. The minimum absolute atomic E-state index is 0.400. The van der Waals surface area contributed by atoms with Crippen molar-refractivity contribution in [1.82, 2.24) is 25.6 Å². The molecule has 1 aliphatic heterocycles. The highest BCUT2D eigenvalue weighted by atomic mass is 35.5. The van der Waals surface area contributed by atoms with Crippen molar-refractivity contribution >= 4 is 39.9 Å². The van der Waals surface area contributed by atoms with Crippen molar-refractivity contribution in [2.24, 2.45) is 0 Å². The fourth-order valence-electron chi connectivity index (χ4n) is 3.35. The second-order valence-corrected chi connectivity index (χ2v) is 8.72. The van der Waals surface area contributed by atoms with Crippen LogP contribution in [0.2, 0.25) is 5.02 Å². The minimum Gasteiger partial charge on any atom is -0.378 e. The molecule has 2 amide bonds. The van der Waals surface area contributed by atoms with Crippen molar-refractivity contribution in [3.63, 3.8) is 0 Å². The Kier molecular flexibility index (Phi) is 6.45. The number of nitrogens with zero attached hydrogens (tertiary/aromatic N) is 4. The van der Waals surface area contributed by atoms with Crippen LogP contribution in [0.25, 0.3) is 5.69 Å². The van der Waals surface area contributed by atoms with E-state index in [1.54, 1.807) is 35.9 Å². The Labute approximate surface area is 194 Å². The summed E-state index contributed by atoms with van der Waals surface area (Å²) in [6.45, 7) is 8.26. The van der Waals surface area contributed by atoms with E-state index in [4.69, 9.17) is 16.3 Å². The molecule has 3 aromatic rings. The summed E-state index contributed by atoms with van der Waals surface area (Å²) in [5.41, 5.74) is 8.31. The molecule has 0 bridgehead atoms. The number of hydrogen-bond acceptors (Lipinski definition) is 7. The van der Waals surface area contributed by atoms with Gasteiger partial charge in [0.2, 0.25) is 0 Å². The predicted octanol–water partition coefficient (Wildman–Crippen LogP) is 2.82. The van der Waals surface area contributed by atoms with Crippen molar-refractivity contribution in [1.29, 1.82) is 0 Å². The number of halogens is 1. The molecule has 1 fully saturated rings. The maximum absolute atomic E-state index is 12.6. The summed E-state index contributed by atoms with van der Waals surface area (Å²) in [5.74, 6) is -0.825. The zero-order chi connectivity index (χ0) is 22.8. The molecule has 11 heteroatoms. The number of hydrazine groups is 1. The molecule has 0 aliphatic carbocycles. The van der Waals surface area contributed by atoms with Crippen LogP contribution in [0.5, 0.6) is 0 Å². The van der Waals surface area contributed by atoms with E-state index in [2.05, 4.69) is 25.8 Å². The summed E-state index contributed by atoms with van der Waals surface area (Å²) in [4.78, 5) is 32.1. The highest BCUT2D eigenvalue weighted by molar-refractivity contribution is 7.17. The van der Waals surface area contributed by atoms with Crippen LogP contribution in [0.1, 0.15) is 37.1 Å². The lowest BCUT2D eigenvalue weighted by Gasteiger charge is -2.25. The van der Waals surface area contributed by atoms with Crippen LogP contribution in [-0.4, -0.2) is 52.9 Å². The van der Waals surface area contributed by atoms with Gasteiger partial charge in [0.15, 0.2) is 5.13 Å². The topological polar surface area (TPSA) is 101 Å². The number of morpholine rings is 1. The van der Waals surface area contributed by atoms with Crippen molar-refractivity contribution in [2.45, 2.75) is 20.8 Å². The van der Waals surface area contributed by atoms with Crippen molar-refractivity contribution < 1.29 is 14.3 Å². The van der Waals surface area contributed by atoms with E-state index in [0.29, 0.717) is 34.4 Å². The number of carbonyl (C=O) groups excluding carboxylic acids is 2. The fourth-order valence-corrected chi connectivity index (χ4v) is 4.49. The number of nitrogens with one attached hydrogen (secondary N) is 2. The number of thiazole rings is 1. The molecular weight excluding hydrogens is 452 g/mol. The molecule has 1 saturated heterocycles. The summed E-state index contributed by atoms with van der Waals surface area (Å²) >= 11 is 7.51. The van der Waals surface area contributed by atoms with Crippen LogP contribution in [0.3, 0.4) is 0 Å². The lowest BCUT2D eigenvalue weighted by Crippen LogP contribution is -2.41. The molecule has 9 nitrogen and oxygen atoms in total. The van der Waals surface area contributed by atoms with Gasteiger partial charge in [0.1, 0.15) is 4.88 Å². The predicted molar refractivity (Wildman–Crippen MR) is 123 cm³/mol. The summed E-state index contributed by atoms with van der Waals surface area (Å²) in [6, 6.07) is 6.87. The van der Waals surface area contributed by atoms with Crippen LogP contribution in [0, 0.1) is 20.8 Å². The van der Waals surface area contributed by atoms with Gasteiger partial charge in [-0.3, -0.25) is 20.4 Å². The first kappa shape index (κ1) is 22.3. The fraction of sp³-hybridized carbons (Fsp3) is 0.333. The Hall–Kier alpha value is -2.95. The first-order chi connectivity index (χ1) is 15.3. The van der Waals surface area contributed by atoms with Crippen molar-refractivity contribution in [2.75, 3.05) is 31.2 Å². The number of ether oxygens (including phenoxy) is 1. The Bertz CT molecular complexity index is 1150. The monoisotopic (exact) mass is 474 g/mol. The third-order valence-electron chi connectivity index (χ3n) is 5.14. The van der Waals surface area contributed by atoms with Gasteiger partial charge in [-0.05, 0) is 45.0 Å². The standard InChI is InChI=1S/C21H23ClN6O3S/c1-12-17(22)14(3)28(26-12)16-6-4-15(5-7-16)19(29)24-25-20(30)18-13(2)23-21(32-18)27-8-10-31-11-9-27/h4-7H,8-11H2,1-3H3,(H,24,29)(H,25,30). The third kappa shape index (κ3) is 4.47. The molecule has 32 heavy (non-hydrogen) atoms. The van der Waals surface area contributed by atoms with Gasteiger partial charge < -0.3 is 9.64 Å². The van der Waals surface area contributed by atoms with E-state index in [1.807, 2.05) is 13.8 Å². The molecule has 0 saturated carbocycles. The molecule has 0 spiro atoms. The number of anilines is 1. The number of aryl methyl sites for hydroxylation is 2. The van der Waals surface area contributed by atoms with E-state index in [1.165, 1.54) is 11.3 Å². The Morgan fingerprint density at radius 1 is 1.03 bits per heavy atom. The van der Waals surface area contributed by atoms with Gasteiger partial charge in [0.25, 0.3) is 11.8 Å². The second-order valence-electron chi connectivity index (χ2n) is 7.36. The van der Waals surface area contributed by atoms with Crippen LogP contribution >= 0.6 is 22.9 Å². The van der Waals surface area contributed by atoms with Gasteiger partial charge in [-0.2, -0.15) is 5.10 Å².